The van der Waals surface area contributed by atoms with Crippen molar-refractivity contribution < 1.29 is 13.2 Å². The van der Waals surface area contributed by atoms with Crippen molar-refractivity contribution in [3.05, 3.63) is 52.6 Å². The lowest BCUT2D eigenvalue weighted by Gasteiger charge is -2.28. The van der Waals surface area contributed by atoms with Crippen LogP contribution in [-0.2, 0) is 10.0 Å². The Morgan fingerprint density at radius 2 is 1.57 bits per heavy atom. The maximum Gasteiger partial charge on any atom is 0.262 e. The van der Waals surface area contributed by atoms with E-state index < -0.39 is 10.0 Å². The van der Waals surface area contributed by atoms with Crippen LogP contribution in [0.25, 0.3) is 0 Å². The van der Waals surface area contributed by atoms with Crippen LogP contribution in [0.3, 0.4) is 0 Å². The van der Waals surface area contributed by atoms with E-state index in [9.17, 15) is 13.2 Å². The molecule has 1 N–H and O–H groups in total. The van der Waals surface area contributed by atoms with Crippen molar-refractivity contribution in [2.24, 2.45) is 0 Å². The van der Waals surface area contributed by atoms with E-state index in [4.69, 9.17) is 0 Å². The molecule has 30 heavy (non-hydrogen) atoms. The second-order valence-corrected chi connectivity index (χ2v) is 9.93. The van der Waals surface area contributed by atoms with Gasteiger partial charge in [-0.05, 0) is 69.4 Å². The van der Waals surface area contributed by atoms with Crippen molar-refractivity contribution in [1.29, 1.82) is 0 Å². The third-order valence-corrected chi connectivity index (χ3v) is 7.16. The largest absolute Gasteiger partial charge is 0.377 e. The van der Waals surface area contributed by atoms with Crippen LogP contribution in [0.2, 0.25) is 0 Å². The van der Waals surface area contributed by atoms with Crippen LogP contribution in [-0.4, -0.2) is 46.4 Å². The van der Waals surface area contributed by atoms with Gasteiger partial charge in [0.25, 0.3) is 15.9 Å². The first-order valence-electron chi connectivity index (χ1n) is 10.3. The standard InChI is InChI=1S/C23H31N3O3S/c1-16-13-17(2)22(18(3)14-16)30(28,29)24-19-9-10-21(25(4)5)20(15-19)23(27)26-11-7-6-8-12-26/h9-10,13-15,24H,6-8,11-12H2,1-5H3. The average Bonchev–Trinajstić information content (AvgIpc) is 2.66. The smallest absolute Gasteiger partial charge is 0.262 e. The molecule has 7 heteroatoms. The molecule has 0 bridgehead atoms. The molecule has 0 unspecified atom stereocenters. The average molecular weight is 430 g/mol. The number of hydrogen-bond acceptors (Lipinski definition) is 4. The Bertz CT molecular complexity index is 1030. The van der Waals surface area contributed by atoms with E-state index in [2.05, 4.69) is 4.72 Å². The normalized spacial score (nSPS) is 14.5. The molecule has 6 nitrogen and oxygen atoms in total. The van der Waals surface area contributed by atoms with Crippen LogP contribution in [0.5, 0.6) is 0 Å². The van der Waals surface area contributed by atoms with Crippen molar-refractivity contribution in [2.75, 3.05) is 36.8 Å². The molecule has 1 amide bonds. The molecule has 0 radical (unpaired) electrons. The van der Waals surface area contributed by atoms with E-state index in [1.54, 1.807) is 32.0 Å². The van der Waals surface area contributed by atoms with Gasteiger partial charge in [-0.1, -0.05) is 17.7 Å². The van der Waals surface area contributed by atoms with Gasteiger partial charge in [0.15, 0.2) is 0 Å². The lowest BCUT2D eigenvalue weighted by Crippen LogP contribution is -2.36. The SMILES string of the molecule is Cc1cc(C)c(S(=O)(=O)Nc2ccc(N(C)C)c(C(=O)N3CCCCC3)c2)c(C)c1. The van der Waals surface area contributed by atoms with E-state index in [1.165, 1.54) is 0 Å². The molecule has 162 valence electrons. The molecule has 0 saturated carbocycles. The van der Waals surface area contributed by atoms with E-state index in [-0.39, 0.29) is 10.8 Å². The quantitative estimate of drug-likeness (QED) is 0.777. The van der Waals surface area contributed by atoms with Gasteiger partial charge in [-0.3, -0.25) is 9.52 Å². The van der Waals surface area contributed by atoms with Crippen molar-refractivity contribution in [2.45, 2.75) is 44.9 Å². The lowest BCUT2D eigenvalue weighted by molar-refractivity contribution is 0.0725. The molecule has 2 aromatic carbocycles. The summed E-state index contributed by atoms with van der Waals surface area (Å²) >= 11 is 0. The Morgan fingerprint density at radius 1 is 0.967 bits per heavy atom. The zero-order valence-corrected chi connectivity index (χ0v) is 19.3. The van der Waals surface area contributed by atoms with Gasteiger partial charge in [0, 0.05) is 38.6 Å². The first kappa shape index (κ1) is 22.2. The number of piperidine rings is 1. The first-order valence-corrected chi connectivity index (χ1v) is 11.8. The van der Waals surface area contributed by atoms with Crippen LogP contribution >= 0.6 is 0 Å². The minimum atomic E-state index is -3.78. The number of carbonyl (C=O) groups excluding carboxylic acids is 1. The number of anilines is 2. The number of amides is 1. The van der Waals surface area contributed by atoms with Crippen LogP contribution in [0.1, 0.15) is 46.3 Å². The summed E-state index contributed by atoms with van der Waals surface area (Å²) in [6, 6.07) is 8.88. The summed E-state index contributed by atoms with van der Waals surface area (Å²) in [6.45, 7) is 7.03. The maximum absolute atomic E-state index is 13.2. The monoisotopic (exact) mass is 429 g/mol. The Hall–Kier alpha value is -2.54. The van der Waals surface area contributed by atoms with Crippen molar-refractivity contribution in [1.82, 2.24) is 4.90 Å². The van der Waals surface area contributed by atoms with Crippen molar-refractivity contribution in [3.63, 3.8) is 0 Å². The van der Waals surface area contributed by atoms with E-state index in [1.807, 2.05) is 43.0 Å². The highest BCUT2D eigenvalue weighted by Crippen LogP contribution is 2.29. The van der Waals surface area contributed by atoms with Gasteiger partial charge in [0.2, 0.25) is 0 Å². The van der Waals surface area contributed by atoms with Gasteiger partial charge in [-0.2, -0.15) is 0 Å². The highest BCUT2D eigenvalue weighted by atomic mass is 32.2. The molecule has 2 aromatic rings. The van der Waals surface area contributed by atoms with E-state index in [0.29, 0.717) is 22.4 Å². The molecule has 0 atom stereocenters. The molecule has 0 aliphatic carbocycles. The predicted molar refractivity (Wildman–Crippen MR) is 122 cm³/mol. The summed E-state index contributed by atoms with van der Waals surface area (Å²) in [5.74, 6) is -0.0536. The predicted octanol–water partition coefficient (Wildman–Crippen LogP) is 4.10. The number of nitrogens with zero attached hydrogens (tertiary/aromatic N) is 2. The lowest BCUT2D eigenvalue weighted by atomic mass is 10.1. The minimum absolute atomic E-state index is 0.0536. The fourth-order valence-electron chi connectivity index (χ4n) is 4.22. The number of rotatable bonds is 5. The summed E-state index contributed by atoms with van der Waals surface area (Å²) in [7, 11) is -0.0201. The summed E-state index contributed by atoms with van der Waals surface area (Å²) < 4.78 is 29.0. The molecule has 0 aromatic heterocycles. The molecule has 1 aliphatic rings. The summed E-state index contributed by atoms with van der Waals surface area (Å²) in [6.07, 6.45) is 3.14. The third kappa shape index (κ3) is 4.61. The number of likely N-dealkylation sites (tertiary alicyclic amines) is 1. The summed E-state index contributed by atoms with van der Waals surface area (Å²) in [5.41, 5.74) is 4.11. The van der Waals surface area contributed by atoms with Crippen LogP contribution in [0, 0.1) is 20.8 Å². The zero-order chi connectivity index (χ0) is 22.1. The van der Waals surface area contributed by atoms with Crippen molar-refractivity contribution in [3.8, 4) is 0 Å². The van der Waals surface area contributed by atoms with Crippen molar-refractivity contribution >= 4 is 27.3 Å². The first-order chi connectivity index (χ1) is 14.1. The molecule has 1 fully saturated rings. The number of nitrogens with one attached hydrogen (secondary N) is 1. The fourth-order valence-corrected chi connectivity index (χ4v) is 5.73. The zero-order valence-electron chi connectivity index (χ0n) is 18.4. The Kier molecular flexibility index (Phi) is 6.41. The number of hydrogen-bond donors (Lipinski definition) is 1. The maximum atomic E-state index is 13.2. The number of carbonyl (C=O) groups is 1. The third-order valence-electron chi connectivity index (χ3n) is 5.48. The van der Waals surface area contributed by atoms with Gasteiger partial charge >= 0.3 is 0 Å². The molecular weight excluding hydrogens is 398 g/mol. The second-order valence-electron chi connectivity index (χ2n) is 8.31. The summed E-state index contributed by atoms with van der Waals surface area (Å²) in [5, 5.41) is 0. The second kappa shape index (κ2) is 8.68. The fraction of sp³-hybridized carbons (Fsp3) is 0.435. The highest BCUT2D eigenvalue weighted by molar-refractivity contribution is 7.92. The Morgan fingerprint density at radius 3 is 2.13 bits per heavy atom. The van der Waals surface area contributed by atoms with Gasteiger partial charge in [-0.25, -0.2) is 8.42 Å². The molecule has 1 heterocycles. The minimum Gasteiger partial charge on any atom is -0.377 e. The van der Waals surface area contributed by atoms with E-state index in [0.717, 1.165) is 43.6 Å². The van der Waals surface area contributed by atoms with Gasteiger partial charge in [0.05, 0.1) is 10.5 Å². The number of aryl methyl sites for hydroxylation is 3. The molecule has 1 aliphatic heterocycles. The number of sulfonamides is 1. The molecular formula is C23H31N3O3S. The molecule has 3 rings (SSSR count). The topological polar surface area (TPSA) is 69.7 Å². The van der Waals surface area contributed by atoms with Crippen LogP contribution in [0.4, 0.5) is 11.4 Å². The molecule has 1 saturated heterocycles. The van der Waals surface area contributed by atoms with Crippen LogP contribution < -0.4 is 9.62 Å². The van der Waals surface area contributed by atoms with E-state index >= 15 is 0 Å². The Balaban J connectivity index is 1.98. The van der Waals surface area contributed by atoms with Gasteiger partial charge < -0.3 is 9.80 Å². The van der Waals surface area contributed by atoms with Gasteiger partial charge in [0.1, 0.15) is 0 Å². The highest BCUT2D eigenvalue weighted by Gasteiger charge is 2.24. The van der Waals surface area contributed by atoms with Gasteiger partial charge in [-0.15, -0.1) is 0 Å². The summed E-state index contributed by atoms with van der Waals surface area (Å²) in [4.78, 5) is 17.2. The molecule has 0 spiro atoms. The van der Waals surface area contributed by atoms with Crippen LogP contribution in [0.15, 0.2) is 35.2 Å². The number of benzene rings is 2. The Labute approximate surface area is 179 Å².